The first kappa shape index (κ1) is 9.77. The van der Waals surface area contributed by atoms with Crippen molar-refractivity contribution in [2.24, 2.45) is 0 Å². The van der Waals surface area contributed by atoms with E-state index >= 15 is 0 Å². The Hall–Kier alpha value is 0.583. The van der Waals surface area contributed by atoms with Crippen LogP contribution in [0, 0.1) is 6.92 Å². The van der Waals surface area contributed by atoms with Gasteiger partial charge in [-0.25, -0.2) is 0 Å². The Morgan fingerprint density at radius 3 is 2.00 bits per heavy atom. The third-order valence-electron chi connectivity index (χ3n) is 0.408. The van der Waals surface area contributed by atoms with Crippen LogP contribution in [0.2, 0.25) is 0 Å². The number of unbranched alkanes of at least 4 members (excludes halogenated alkanes) is 1. The predicted molar refractivity (Wildman–Crippen MR) is 21.7 cm³/mol. The second-order valence-corrected chi connectivity index (χ2v) is 0.931. The largest absolute Gasteiger partial charge is 0.396 e. The molecule has 0 fully saturated rings. The molecule has 0 aliphatic rings. The summed E-state index contributed by atoms with van der Waals surface area (Å²) in [5.74, 6) is 0. The molecule has 1 N–H and O–H groups in total. The standard InChI is InChI=1S/C4H9O.Rh/c1-2-3-4-5;/h5H,1-4H2;/q-1;. The van der Waals surface area contributed by atoms with E-state index in [2.05, 4.69) is 6.92 Å². The summed E-state index contributed by atoms with van der Waals surface area (Å²) < 4.78 is 0. The maximum Gasteiger partial charge on any atom is 0.0406 e. The normalized spacial score (nSPS) is 7.00. The van der Waals surface area contributed by atoms with Crippen molar-refractivity contribution >= 4 is 0 Å². The fourth-order valence-corrected chi connectivity index (χ4v) is 0.112. The van der Waals surface area contributed by atoms with Crippen molar-refractivity contribution in [3.8, 4) is 0 Å². The average Bonchev–Trinajstić information content (AvgIpc) is 1.41. The minimum Gasteiger partial charge on any atom is -0.396 e. The van der Waals surface area contributed by atoms with E-state index in [0.29, 0.717) is 0 Å². The first-order valence-electron chi connectivity index (χ1n) is 1.82. The molecule has 0 saturated heterocycles. The third kappa shape index (κ3) is 8.82. The summed E-state index contributed by atoms with van der Waals surface area (Å²) >= 11 is 0. The molecule has 0 aromatic heterocycles. The first-order valence-corrected chi connectivity index (χ1v) is 1.82. The quantitative estimate of drug-likeness (QED) is 0.482. The van der Waals surface area contributed by atoms with Gasteiger partial charge >= 0.3 is 0 Å². The van der Waals surface area contributed by atoms with Gasteiger partial charge in [0.05, 0.1) is 0 Å². The van der Waals surface area contributed by atoms with E-state index in [1.807, 2.05) is 0 Å². The maximum absolute atomic E-state index is 8.03. The van der Waals surface area contributed by atoms with E-state index in [4.69, 9.17) is 5.11 Å². The Morgan fingerprint density at radius 1 is 1.50 bits per heavy atom. The average molecular weight is 176 g/mol. The molecule has 0 spiro atoms. The smallest absolute Gasteiger partial charge is 0.0406 e. The summed E-state index contributed by atoms with van der Waals surface area (Å²) in [5.41, 5.74) is 0. The molecular weight excluding hydrogens is 167 g/mol. The van der Waals surface area contributed by atoms with Gasteiger partial charge in [-0.3, -0.25) is 0 Å². The van der Waals surface area contributed by atoms with Gasteiger partial charge in [-0.2, -0.15) is 6.42 Å². The zero-order chi connectivity index (χ0) is 4.12. The Labute approximate surface area is 51.5 Å². The number of hydrogen-bond donors (Lipinski definition) is 1. The van der Waals surface area contributed by atoms with Crippen LogP contribution in [0.3, 0.4) is 0 Å². The van der Waals surface area contributed by atoms with E-state index < -0.39 is 0 Å². The monoisotopic (exact) mass is 176 g/mol. The van der Waals surface area contributed by atoms with E-state index in [1.54, 1.807) is 0 Å². The van der Waals surface area contributed by atoms with Gasteiger partial charge < -0.3 is 12.0 Å². The summed E-state index contributed by atoms with van der Waals surface area (Å²) in [6, 6.07) is 0. The Kier molecular flexibility index (Phi) is 14.9. The van der Waals surface area contributed by atoms with Gasteiger partial charge in [-0.1, -0.05) is 6.42 Å². The molecule has 0 heterocycles. The molecule has 0 amide bonds. The Bertz CT molecular complexity index is 15.0. The van der Waals surface area contributed by atoms with Crippen LogP contribution in [0.4, 0.5) is 0 Å². The summed E-state index contributed by atoms with van der Waals surface area (Å²) in [5, 5.41) is 8.03. The minimum atomic E-state index is 0. The van der Waals surface area contributed by atoms with Crippen molar-refractivity contribution in [1.29, 1.82) is 0 Å². The molecule has 0 aliphatic carbocycles. The van der Waals surface area contributed by atoms with Gasteiger partial charge in [0.1, 0.15) is 0 Å². The molecule has 6 heavy (non-hydrogen) atoms. The molecule has 0 bridgehead atoms. The van der Waals surface area contributed by atoms with E-state index in [-0.39, 0.29) is 26.1 Å². The topological polar surface area (TPSA) is 20.2 Å². The van der Waals surface area contributed by atoms with Gasteiger partial charge in [-0.05, 0) is 0 Å². The Balaban J connectivity index is 0. The molecule has 0 unspecified atom stereocenters. The SMILES string of the molecule is [CH2-]CCCO.[Rh]. The third-order valence-corrected chi connectivity index (χ3v) is 0.408. The summed E-state index contributed by atoms with van der Waals surface area (Å²) in [7, 11) is 0. The van der Waals surface area contributed by atoms with Crippen LogP contribution < -0.4 is 0 Å². The van der Waals surface area contributed by atoms with Gasteiger partial charge in [-0.15, -0.1) is 0 Å². The second-order valence-electron chi connectivity index (χ2n) is 0.931. The molecule has 0 rings (SSSR count). The van der Waals surface area contributed by atoms with Crippen LogP contribution >= 0.6 is 0 Å². The fourth-order valence-electron chi connectivity index (χ4n) is 0.112. The van der Waals surface area contributed by atoms with E-state index in [9.17, 15) is 0 Å². The van der Waals surface area contributed by atoms with Crippen molar-refractivity contribution in [3.05, 3.63) is 6.92 Å². The molecule has 0 aromatic rings. The van der Waals surface area contributed by atoms with Crippen molar-refractivity contribution < 1.29 is 24.6 Å². The number of aliphatic hydroxyl groups excluding tert-OH is 1. The molecule has 2 heteroatoms. The molecule has 0 atom stereocenters. The van der Waals surface area contributed by atoms with Crippen LogP contribution in [0.1, 0.15) is 12.8 Å². The van der Waals surface area contributed by atoms with Gasteiger partial charge in [0.15, 0.2) is 0 Å². The van der Waals surface area contributed by atoms with Crippen molar-refractivity contribution in [1.82, 2.24) is 0 Å². The number of aliphatic hydroxyl groups is 1. The molecule has 1 radical (unpaired) electrons. The minimum absolute atomic E-state index is 0. The number of hydrogen-bond acceptors (Lipinski definition) is 1. The van der Waals surface area contributed by atoms with Crippen LogP contribution in [-0.4, -0.2) is 11.7 Å². The fraction of sp³-hybridized carbons (Fsp3) is 0.750. The summed E-state index contributed by atoms with van der Waals surface area (Å²) in [6.45, 7) is 3.80. The van der Waals surface area contributed by atoms with Crippen molar-refractivity contribution in [3.63, 3.8) is 0 Å². The zero-order valence-electron chi connectivity index (χ0n) is 3.61. The van der Waals surface area contributed by atoms with E-state index in [0.717, 1.165) is 12.8 Å². The molecule has 0 aliphatic heterocycles. The van der Waals surface area contributed by atoms with Crippen LogP contribution in [0.15, 0.2) is 0 Å². The van der Waals surface area contributed by atoms with Crippen molar-refractivity contribution in [2.45, 2.75) is 12.8 Å². The maximum atomic E-state index is 8.03. The molecule has 0 aromatic carbocycles. The first-order chi connectivity index (χ1) is 2.41. The summed E-state index contributed by atoms with van der Waals surface area (Å²) in [4.78, 5) is 0. The molecule has 41 valence electrons. The van der Waals surface area contributed by atoms with Crippen molar-refractivity contribution in [2.75, 3.05) is 6.61 Å². The number of rotatable bonds is 2. The van der Waals surface area contributed by atoms with E-state index in [1.165, 1.54) is 0 Å². The van der Waals surface area contributed by atoms with Gasteiger partial charge in [0, 0.05) is 26.1 Å². The Morgan fingerprint density at radius 2 is 2.00 bits per heavy atom. The predicted octanol–water partition coefficient (Wildman–Crippen LogP) is 0.590. The zero-order valence-corrected chi connectivity index (χ0v) is 5.25. The molecule has 1 nitrogen and oxygen atoms in total. The second kappa shape index (κ2) is 9.13. The van der Waals surface area contributed by atoms with Crippen LogP contribution in [0.5, 0.6) is 0 Å². The molecular formula is C4H9ORh-. The van der Waals surface area contributed by atoms with Crippen LogP contribution in [0.25, 0.3) is 0 Å². The molecule has 0 saturated carbocycles. The van der Waals surface area contributed by atoms with Gasteiger partial charge in [0.2, 0.25) is 0 Å². The van der Waals surface area contributed by atoms with Crippen LogP contribution in [-0.2, 0) is 19.5 Å². The van der Waals surface area contributed by atoms with Gasteiger partial charge in [0.25, 0.3) is 0 Å². The summed E-state index contributed by atoms with van der Waals surface area (Å²) in [6.07, 6.45) is 1.68.